The second-order valence-corrected chi connectivity index (χ2v) is 5.62. The highest BCUT2D eigenvalue weighted by molar-refractivity contribution is 5.79. The first-order chi connectivity index (χ1) is 12.2. The van der Waals surface area contributed by atoms with Gasteiger partial charge < -0.3 is 20.1 Å². The van der Waals surface area contributed by atoms with Crippen molar-refractivity contribution >= 4 is 5.96 Å². The van der Waals surface area contributed by atoms with Crippen LogP contribution in [0.5, 0.6) is 11.5 Å². The molecule has 0 atom stereocenters. The topological polar surface area (TPSA) is 54.9 Å². The SMILES string of the molecule is CCCOc1cccc(CNC(=NC)NCc2ccc(OC)cc2)c1. The predicted molar refractivity (Wildman–Crippen MR) is 102 cm³/mol. The summed E-state index contributed by atoms with van der Waals surface area (Å²) in [6.07, 6.45) is 1.00. The largest absolute Gasteiger partial charge is 0.497 e. The van der Waals surface area contributed by atoms with Crippen molar-refractivity contribution in [3.05, 3.63) is 59.7 Å². The van der Waals surface area contributed by atoms with Gasteiger partial charge in [-0.1, -0.05) is 31.2 Å². The Hall–Kier alpha value is -2.69. The lowest BCUT2D eigenvalue weighted by atomic mass is 10.2. The predicted octanol–water partition coefficient (Wildman–Crippen LogP) is 3.35. The van der Waals surface area contributed by atoms with E-state index in [1.165, 1.54) is 5.56 Å². The molecule has 0 aliphatic heterocycles. The number of ether oxygens (including phenoxy) is 2. The molecule has 0 fully saturated rings. The molecule has 0 radical (unpaired) electrons. The highest BCUT2D eigenvalue weighted by Gasteiger charge is 2.01. The molecule has 5 heteroatoms. The number of hydrogen-bond donors (Lipinski definition) is 2. The van der Waals surface area contributed by atoms with Crippen molar-refractivity contribution < 1.29 is 9.47 Å². The molecule has 0 saturated heterocycles. The molecule has 0 heterocycles. The average molecular weight is 341 g/mol. The number of guanidine groups is 1. The fourth-order valence-electron chi connectivity index (χ4n) is 2.30. The highest BCUT2D eigenvalue weighted by atomic mass is 16.5. The van der Waals surface area contributed by atoms with E-state index in [1.54, 1.807) is 14.2 Å². The molecule has 2 rings (SSSR count). The van der Waals surface area contributed by atoms with Gasteiger partial charge in [-0.2, -0.15) is 0 Å². The highest BCUT2D eigenvalue weighted by Crippen LogP contribution is 2.13. The van der Waals surface area contributed by atoms with E-state index in [2.05, 4.69) is 34.7 Å². The van der Waals surface area contributed by atoms with Crippen LogP contribution in [0.4, 0.5) is 0 Å². The lowest BCUT2D eigenvalue weighted by Gasteiger charge is -2.13. The van der Waals surface area contributed by atoms with Gasteiger partial charge in [0.15, 0.2) is 5.96 Å². The monoisotopic (exact) mass is 341 g/mol. The lowest BCUT2D eigenvalue weighted by Crippen LogP contribution is -2.36. The molecule has 2 N–H and O–H groups in total. The summed E-state index contributed by atoms with van der Waals surface area (Å²) >= 11 is 0. The Labute approximate surface area is 150 Å². The molecule has 0 amide bonds. The van der Waals surface area contributed by atoms with Crippen LogP contribution in [-0.4, -0.2) is 26.7 Å². The van der Waals surface area contributed by atoms with Crippen LogP contribution in [-0.2, 0) is 13.1 Å². The normalized spacial score (nSPS) is 11.1. The van der Waals surface area contributed by atoms with Crippen molar-refractivity contribution in [1.82, 2.24) is 10.6 Å². The molecular formula is C20H27N3O2. The van der Waals surface area contributed by atoms with Crippen LogP contribution >= 0.6 is 0 Å². The maximum atomic E-state index is 5.67. The van der Waals surface area contributed by atoms with Gasteiger partial charge in [-0.05, 0) is 41.8 Å². The molecule has 2 aromatic rings. The van der Waals surface area contributed by atoms with Gasteiger partial charge in [0, 0.05) is 20.1 Å². The van der Waals surface area contributed by atoms with Crippen molar-refractivity contribution in [2.75, 3.05) is 20.8 Å². The summed E-state index contributed by atoms with van der Waals surface area (Å²) in [6.45, 7) is 4.22. The number of hydrogen-bond acceptors (Lipinski definition) is 3. The van der Waals surface area contributed by atoms with Crippen LogP contribution in [0.1, 0.15) is 24.5 Å². The molecule has 0 aromatic heterocycles. The molecule has 0 bridgehead atoms. The first kappa shape index (κ1) is 18.6. The van der Waals surface area contributed by atoms with E-state index < -0.39 is 0 Å². The fraction of sp³-hybridized carbons (Fsp3) is 0.350. The van der Waals surface area contributed by atoms with Crippen LogP contribution in [0, 0.1) is 0 Å². The van der Waals surface area contributed by atoms with E-state index in [0.29, 0.717) is 13.1 Å². The summed E-state index contributed by atoms with van der Waals surface area (Å²) in [6, 6.07) is 16.1. The first-order valence-corrected chi connectivity index (χ1v) is 8.54. The van der Waals surface area contributed by atoms with Gasteiger partial charge in [0.05, 0.1) is 13.7 Å². The molecule has 0 aliphatic rings. The Morgan fingerprint density at radius 3 is 2.32 bits per heavy atom. The fourth-order valence-corrected chi connectivity index (χ4v) is 2.30. The zero-order valence-electron chi connectivity index (χ0n) is 15.2. The molecule has 2 aromatic carbocycles. The second-order valence-electron chi connectivity index (χ2n) is 5.62. The molecule has 25 heavy (non-hydrogen) atoms. The summed E-state index contributed by atoms with van der Waals surface area (Å²) in [5.41, 5.74) is 2.32. The third-order valence-corrected chi connectivity index (χ3v) is 3.67. The molecule has 0 unspecified atom stereocenters. The summed E-state index contributed by atoms with van der Waals surface area (Å²) < 4.78 is 10.8. The summed E-state index contributed by atoms with van der Waals surface area (Å²) in [5.74, 6) is 2.52. The van der Waals surface area contributed by atoms with E-state index in [9.17, 15) is 0 Å². The summed E-state index contributed by atoms with van der Waals surface area (Å²) in [4.78, 5) is 4.26. The van der Waals surface area contributed by atoms with Crippen LogP contribution < -0.4 is 20.1 Å². The van der Waals surface area contributed by atoms with Crippen LogP contribution in [0.2, 0.25) is 0 Å². The Bertz CT molecular complexity index is 669. The quantitative estimate of drug-likeness (QED) is 0.571. The number of nitrogens with zero attached hydrogens (tertiary/aromatic N) is 1. The Morgan fingerprint density at radius 1 is 0.960 bits per heavy atom. The zero-order valence-corrected chi connectivity index (χ0v) is 15.2. The standard InChI is InChI=1S/C20H27N3O2/c1-4-12-25-19-7-5-6-17(13-19)15-23-20(21-2)22-14-16-8-10-18(24-3)11-9-16/h5-11,13H,4,12,14-15H2,1-3H3,(H2,21,22,23). The molecule has 0 aliphatic carbocycles. The molecule has 0 spiro atoms. The van der Waals surface area contributed by atoms with E-state index in [4.69, 9.17) is 9.47 Å². The van der Waals surface area contributed by atoms with Gasteiger partial charge in [0.2, 0.25) is 0 Å². The number of benzene rings is 2. The smallest absolute Gasteiger partial charge is 0.191 e. The molecular weight excluding hydrogens is 314 g/mol. The Morgan fingerprint density at radius 2 is 1.68 bits per heavy atom. The van der Waals surface area contributed by atoms with Crippen LogP contribution in [0.3, 0.4) is 0 Å². The second kappa shape index (κ2) is 10.2. The van der Waals surface area contributed by atoms with Crippen molar-refractivity contribution in [3.8, 4) is 11.5 Å². The average Bonchev–Trinajstić information content (AvgIpc) is 2.67. The van der Waals surface area contributed by atoms with Crippen molar-refractivity contribution in [3.63, 3.8) is 0 Å². The van der Waals surface area contributed by atoms with E-state index >= 15 is 0 Å². The number of methoxy groups -OCH3 is 1. The zero-order chi connectivity index (χ0) is 17.9. The third-order valence-electron chi connectivity index (χ3n) is 3.67. The van der Waals surface area contributed by atoms with Gasteiger partial charge in [0.1, 0.15) is 11.5 Å². The van der Waals surface area contributed by atoms with Crippen LogP contribution in [0.15, 0.2) is 53.5 Å². The van der Waals surface area contributed by atoms with E-state index in [-0.39, 0.29) is 0 Å². The minimum Gasteiger partial charge on any atom is -0.497 e. The molecule has 134 valence electrons. The van der Waals surface area contributed by atoms with Crippen molar-refractivity contribution in [2.24, 2.45) is 4.99 Å². The van der Waals surface area contributed by atoms with Crippen molar-refractivity contribution in [1.29, 1.82) is 0 Å². The van der Waals surface area contributed by atoms with Gasteiger partial charge in [-0.15, -0.1) is 0 Å². The van der Waals surface area contributed by atoms with E-state index in [1.807, 2.05) is 36.4 Å². The number of rotatable bonds is 8. The Balaban J connectivity index is 1.83. The van der Waals surface area contributed by atoms with Gasteiger partial charge >= 0.3 is 0 Å². The summed E-state index contributed by atoms with van der Waals surface area (Å²) in [5, 5.41) is 6.63. The van der Waals surface area contributed by atoms with Gasteiger partial charge in [0.25, 0.3) is 0 Å². The Kier molecular flexibility index (Phi) is 7.63. The lowest BCUT2D eigenvalue weighted by molar-refractivity contribution is 0.317. The van der Waals surface area contributed by atoms with Crippen LogP contribution in [0.25, 0.3) is 0 Å². The molecule has 5 nitrogen and oxygen atoms in total. The maximum absolute atomic E-state index is 5.67. The third kappa shape index (κ3) is 6.37. The number of nitrogens with one attached hydrogen (secondary N) is 2. The van der Waals surface area contributed by atoms with Gasteiger partial charge in [-0.3, -0.25) is 4.99 Å². The van der Waals surface area contributed by atoms with Gasteiger partial charge in [-0.25, -0.2) is 0 Å². The van der Waals surface area contributed by atoms with E-state index in [0.717, 1.165) is 36.0 Å². The first-order valence-electron chi connectivity index (χ1n) is 8.54. The minimum absolute atomic E-state index is 0.686. The minimum atomic E-state index is 0.686. The molecule has 0 saturated carbocycles. The maximum Gasteiger partial charge on any atom is 0.191 e. The van der Waals surface area contributed by atoms with Crippen molar-refractivity contribution in [2.45, 2.75) is 26.4 Å². The summed E-state index contributed by atoms with van der Waals surface area (Å²) in [7, 11) is 3.44. The number of aliphatic imine (C=N–C) groups is 1.